The lowest BCUT2D eigenvalue weighted by atomic mass is 10.1. The van der Waals surface area contributed by atoms with E-state index in [-0.39, 0.29) is 11.8 Å². The number of benzene rings is 2. The molecule has 1 fully saturated rings. The largest absolute Gasteiger partial charge is 0.338 e. The molecule has 2 amide bonds. The van der Waals surface area contributed by atoms with Crippen molar-refractivity contribution in [2.75, 3.05) is 31.5 Å². The number of hydrogen-bond acceptors (Lipinski definition) is 2. The number of carbonyl (C=O) groups is 1. The molecule has 0 unspecified atom stereocenters. The Balaban J connectivity index is 1.35. The number of halogens is 1. The van der Waals surface area contributed by atoms with Gasteiger partial charge in [-0.25, -0.2) is 9.18 Å². The maximum absolute atomic E-state index is 12.9. The van der Waals surface area contributed by atoms with E-state index in [1.54, 1.807) is 12.1 Å². The first-order chi connectivity index (χ1) is 12.2. The molecular weight excluding hydrogens is 317 g/mol. The van der Waals surface area contributed by atoms with Gasteiger partial charge in [0.05, 0.1) is 0 Å². The van der Waals surface area contributed by atoms with Crippen molar-refractivity contribution in [2.45, 2.75) is 12.8 Å². The molecule has 5 heteroatoms. The number of amides is 2. The molecule has 1 atom stereocenters. The van der Waals surface area contributed by atoms with E-state index in [0.29, 0.717) is 18.2 Å². The zero-order chi connectivity index (χ0) is 17.5. The molecule has 0 aromatic heterocycles. The molecule has 2 N–H and O–H groups in total. The molecule has 1 heterocycles. The van der Waals surface area contributed by atoms with Crippen LogP contribution in [-0.2, 0) is 6.42 Å². The summed E-state index contributed by atoms with van der Waals surface area (Å²) < 4.78 is 12.9. The molecular formula is C20H24FN3O. The van der Waals surface area contributed by atoms with Crippen molar-refractivity contribution in [3.8, 4) is 0 Å². The van der Waals surface area contributed by atoms with Crippen molar-refractivity contribution in [1.29, 1.82) is 0 Å². The summed E-state index contributed by atoms with van der Waals surface area (Å²) in [6.07, 6.45) is 2.16. The molecule has 1 saturated heterocycles. The van der Waals surface area contributed by atoms with Crippen molar-refractivity contribution < 1.29 is 9.18 Å². The summed E-state index contributed by atoms with van der Waals surface area (Å²) in [6.45, 7) is 3.82. The standard InChI is InChI=1S/C20H24FN3O/c21-18-6-8-19(9-7-18)23-20(25)22-14-17-11-13-24(15-17)12-10-16-4-2-1-3-5-16/h1-9,17H,10-15H2,(H2,22,23,25)/t17-/m0/s1. The predicted molar refractivity (Wildman–Crippen MR) is 98.1 cm³/mol. The van der Waals surface area contributed by atoms with E-state index >= 15 is 0 Å². The van der Waals surface area contributed by atoms with E-state index < -0.39 is 0 Å². The maximum atomic E-state index is 12.9. The first-order valence-corrected chi connectivity index (χ1v) is 8.76. The molecule has 1 aliphatic rings. The molecule has 1 aliphatic heterocycles. The molecule has 0 saturated carbocycles. The summed E-state index contributed by atoms with van der Waals surface area (Å²) in [5, 5.41) is 5.63. The molecule has 2 aromatic rings. The van der Waals surface area contributed by atoms with Gasteiger partial charge in [-0.15, -0.1) is 0 Å². The number of hydrogen-bond donors (Lipinski definition) is 2. The summed E-state index contributed by atoms with van der Waals surface area (Å²) in [5.41, 5.74) is 1.96. The maximum Gasteiger partial charge on any atom is 0.319 e. The first-order valence-electron chi connectivity index (χ1n) is 8.76. The summed E-state index contributed by atoms with van der Waals surface area (Å²) in [6, 6.07) is 16.0. The normalized spacial score (nSPS) is 17.4. The van der Waals surface area contributed by atoms with Crippen LogP contribution in [0, 0.1) is 11.7 Å². The summed E-state index contributed by atoms with van der Waals surface area (Å²) in [5.74, 6) is 0.169. The fourth-order valence-corrected chi connectivity index (χ4v) is 3.16. The third-order valence-corrected chi connectivity index (χ3v) is 4.58. The zero-order valence-corrected chi connectivity index (χ0v) is 14.2. The Kier molecular flexibility index (Phi) is 6.01. The second-order valence-corrected chi connectivity index (χ2v) is 6.53. The van der Waals surface area contributed by atoms with Crippen LogP contribution in [0.15, 0.2) is 54.6 Å². The molecule has 3 rings (SSSR count). The molecule has 0 aliphatic carbocycles. The Morgan fingerprint density at radius 3 is 2.64 bits per heavy atom. The highest BCUT2D eigenvalue weighted by atomic mass is 19.1. The van der Waals surface area contributed by atoms with Gasteiger partial charge in [-0.1, -0.05) is 30.3 Å². The van der Waals surface area contributed by atoms with Gasteiger partial charge in [0.2, 0.25) is 0 Å². The highest BCUT2D eigenvalue weighted by Crippen LogP contribution is 2.16. The minimum absolute atomic E-state index is 0.241. The van der Waals surface area contributed by atoms with Gasteiger partial charge in [0.15, 0.2) is 0 Å². The lowest BCUT2D eigenvalue weighted by Crippen LogP contribution is -2.34. The third-order valence-electron chi connectivity index (χ3n) is 4.58. The number of nitrogens with one attached hydrogen (secondary N) is 2. The van der Waals surface area contributed by atoms with Crippen LogP contribution in [0.3, 0.4) is 0 Å². The Morgan fingerprint density at radius 1 is 1.12 bits per heavy atom. The van der Waals surface area contributed by atoms with Gasteiger partial charge in [-0.3, -0.25) is 0 Å². The molecule has 0 radical (unpaired) electrons. The van der Waals surface area contributed by atoms with E-state index in [0.717, 1.165) is 32.5 Å². The average molecular weight is 341 g/mol. The van der Waals surface area contributed by atoms with E-state index in [1.807, 2.05) is 6.07 Å². The van der Waals surface area contributed by atoms with E-state index in [2.05, 4.69) is 39.8 Å². The molecule has 2 aromatic carbocycles. The summed E-state index contributed by atoms with van der Waals surface area (Å²) >= 11 is 0. The predicted octanol–water partition coefficient (Wildman–Crippen LogP) is 3.51. The highest BCUT2D eigenvalue weighted by molar-refractivity contribution is 5.89. The minimum atomic E-state index is -0.312. The lowest BCUT2D eigenvalue weighted by Gasteiger charge is -2.16. The Hall–Kier alpha value is -2.40. The second-order valence-electron chi connectivity index (χ2n) is 6.53. The number of likely N-dealkylation sites (tertiary alicyclic amines) is 1. The van der Waals surface area contributed by atoms with Crippen molar-refractivity contribution in [1.82, 2.24) is 10.2 Å². The fourth-order valence-electron chi connectivity index (χ4n) is 3.16. The lowest BCUT2D eigenvalue weighted by molar-refractivity contribution is 0.249. The van der Waals surface area contributed by atoms with Crippen LogP contribution >= 0.6 is 0 Å². The van der Waals surface area contributed by atoms with Gasteiger partial charge in [0.25, 0.3) is 0 Å². The van der Waals surface area contributed by atoms with Crippen molar-refractivity contribution in [3.05, 3.63) is 66.0 Å². The molecule has 0 spiro atoms. The monoisotopic (exact) mass is 341 g/mol. The molecule has 132 valence electrons. The fraction of sp³-hybridized carbons (Fsp3) is 0.350. The van der Waals surface area contributed by atoms with Crippen LogP contribution in [0.4, 0.5) is 14.9 Å². The topological polar surface area (TPSA) is 44.4 Å². The second kappa shape index (κ2) is 8.62. The van der Waals surface area contributed by atoms with Crippen molar-refractivity contribution >= 4 is 11.7 Å². The van der Waals surface area contributed by atoms with Gasteiger partial charge in [0.1, 0.15) is 5.82 Å². The van der Waals surface area contributed by atoms with Gasteiger partial charge >= 0.3 is 6.03 Å². The number of rotatable bonds is 6. The van der Waals surface area contributed by atoms with Gasteiger partial charge in [-0.2, -0.15) is 0 Å². The van der Waals surface area contributed by atoms with Crippen LogP contribution < -0.4 is 10.6 Å². The van der Waals surface area contributed by atoms with E-state index in [1.165, 1.54) is 17.7 Å². The zero-order valence-electron chi connectivity index (χ0n) is 14.2. The quantitative estimate of drug-likeness (QED) is 0.844. The Bertz CT molecular complexity index is 675. The van der Waals surface area contributed by atoms with Crippen LogP contribution in [0.1, 0.15) is 12.0 Å². The van der Waals surface area contributed by atoms with E-state index in [9.17, 15) is 9.18 Å². The number of anilines is 1. The highest BCUT2D eigenvalue weighted by Gasteiger charge is 2.22. The van der Waals surface area contributed by atoms with Crippen LogP contribution in [0.25, 0.3) is 0 Å². The van der Waals surface area contributed by atoms with Crippen LogP contribution in [0.2, 0.25) is 0 Å². The van der Waals surface area contributed by atoms with Crippen LogP contribution in [-0.4, -0.2) is 37.1 Å². The SMILES string of the molecule is O=C(NC[C@@H]1CCN(CCc2ccccc2)C1)Nc1ccc(F)cc1. The number of urea groups is 1. The summed E-state index contributed by atoms with van der Waals surface area (Å²) in [7, 11) is 0. The first kappa shape index (κ1) is 17.4. The van der Waals surface area contributed by atoms with Gasteiger partial charge in [-0.05, 0) is 55.1 Å². The molecule has 25 heavy (non-hydrogen) atoms. The Labute approximate surface area is 148 Å². The summed E-state index contributed by atoms with van der Waals surface area (Å²) in [4.78, 5) is 14.4. The third kappa shape index (κ3) is 5.57. The van der Waals surface area contributed by atoms with Gasteiger partial charge < -0.3 is 15.5 Å². The average Bonchev–Trinajstić information content (AvgIpc) is 3.09. The van der Waals surface area contributed by atoms with E-state index in [4.69, 9.17) is 0 Å². The van der Waals surface area contributed by atoms with Crippen molar-refractivity contribution in [3.63, 3.8) is 0 Å². The minimum Gasteiger partial charge on any atom is -0.338 e. The van der Waals surface area contributed by atoms with Crippen molar-refractivity contribution in [2.24, 2.45) is 5.92 Å². The molecule has 0 bridgehead atoms. The Morgan fingerprint density at radius 2 is 1.88 bits per heavy atom. The number of carbonyl (C=O) groups excluding carboxylic acids is 1. The number of nitrogens with zero attached hydrogens (tertiary/aromatic N) is 1. The molecule has 4 nitrogen and oxygen atoms in total. The van der Waals surface area contributed by atoms with Gasteiger partial charge in [0, 0.05) is 25.3 Å². The smallest absolute Gasteiger partial charge is 0.319 e. The van der Waals surface area contributed by atoms with Crippen LogP contribution in [0.5, 0.6) is 0 Å².